The van der Waals surface area contributed by atoms with E-state index in [0.29, 0.717) is 12.0 Å². The van der Waals surface area contributed by atoms with Crippen LogP contribution in [0.25, 0.3) is 0 Å². The van der Waals surface area contributed by atoms with Crippen molar-refractivity contribution in [3.63, 3.8) is 0 Å². The van der Waals surface area contributed by atoms with Crippen molar-refractivity contribution in [2.24, 2.45) is 11.7 Å². The summed E-state index contributed by atoms with van der Waals surface area (Å²) in [6.07, 6.45) is 1.09. The monoisotopic (exact) mass is 282 g/mol. The number of benzene rings is 1. The fraction of sp³-hybridized carbons (Fsp3) is 0.538. The van der Waals surface area contributed by atoms with E-state index in [9.17, 15) is 0 Å². The maximum atomic E-state index is 6.04. The van der Waals surface area contributed by atoms with Crippen molar-refractivity contribution in [3.05, 3.63) is 28.2 Å². The van der Waals surface area contributed by atoms with Gasteiger partial charge in [0, 0.05) is 29.3 Å². The lowest BCUT2D eigenvalue weighted by Gasteiger charge is -2.36. The average molecular weight is 283 g/mol. The first-order chi connectivity index (χ1) is 7.58. The summed E-state index contributed by atoms with van der Waals surface area (Å²) in [5.74, 6) is 0.581. The van der Waals surface area contributed by atoms with Crippen molar-refractivity contribution >= 4 is 21.6 Å². The largest absolute Gasteiger partial charge is 0.371 e. The highest BCUT2D eigenvalue weighted by molar-refractivity contribution is 9.10. The second-order valence-electron chi connectivity index (χ2n) is 4.81. The Morgan fingerprint density at radius 1 is 1.44 bits per heavy atom. The molecule has 1 aromatic carbocycles. The van der Waals surface area contributed by atoms with E-state index >= 15 is 0 Å². The molecule has 1 saturated heterocycles. The third-order valence-electron chi connectivity index (χ3n) is 3.48. The zero-order chi connectivity index (χ0) is 11.7. The Balaban J connectivity index is 2.15. The van der Waals surface area contributed by atoms with Gasteiger partial charge in [0.2, 0.25) is 0 Å². The van der Waals surface area contributed by atoms with Gasteiger partial charge in [-0.25, -0.2) is 0 Å². The minimum atomic E-state index is 0.368. The summed E-state index contributed by atoms with van der Waals surface area (Å²) >= 11 is 3.54. The maximum absolute atomic E-state index is 6.04. The molecule has 3 heteroatoms. The van der Waals surface area contributed by atoms with Gasteiger partial charge in [-0.2, -0.15) is 0 Å². The molecule has 0 aromatic heterocycles. The van der Waals surface area contributed by atoms with Gasteiger partial charge in [-0.3, -0.25) is 0 Å². The normalized spacial score (nSPS) is 25.9. The lowest BCUT2D eigenvalue weighted by Crippen LogP contribution is -2.45. The first kappa shape index (κ1) is 11.9. The summed E-state index contributed by atoms with van der Waals surface area (Å²) in [6, 6.07) is 6.92. The molecule has 0 aliphatic carbocycles. The minimum Gasteiger partial charge on any atom is -0.371 e. The smallest absolute Gasteiger partial charge is 0.0369 e. The molecular formula is C13H19BrN2. The SMILES string of the molecule is Cc1cc(N2CCC(N)C(C)C2)ccc1Br. The van der Waals surface area contributed by atoms with Gasteiger partial charge < -0.3 is 10.6 Å². The fourth-order valence-electron chi connectivity index (χ4n) is 2.22. The fourth-order valence-corrected chi connectivity index (χ4v) is 2.47. The summed E-state index contributed by atoms with van der Waals surface area (Å²) in [5.41, 5.74) is 8.65. The van der Waals surface area contributed by atoms with E-state index in [0.717, 1.165) is 19.5 Å². The Bertz CT molecular complexity index is 378. The number of anilines is 1. The minimum absolute atomic E-state index is 0.368. The number of nitrogens with zero attached hydrogens (tertiary/aromatic N) is 1. The molecule has 2 rings (SSSR count). The summed E-state index contributed by atoms with van der Waals surface area (Å²) in [6.45, 7) is 6.52. The Kier molecular flexibility index (Phi) is 3.55. The number of halogens is 1. The highest BCUT2D eigenvalue weighted by atomic mass is 79.9. The molecule has 1 aromatic rings. The van der Waals surface area contributed by atoms with Crippen LogP contribution >= 0.6 is 15.9 Å². The van der Waals surface area contributed by atoms with Gasteiger partial charge in [0.15, 0.2) is 0 Å². The van der Waals surface area contributed by atoms with Gasteiger partial charge in [0.1, 0.15) is 0 Å². The van der Waals surface area contributed by atoms with Crippen LogP contribution in [-0.2, 0) is 0 Å². The number of hydrogen-bond donors (Lipinski definition) is 1. The van der Waals surface area contributed by atoms with Crippen LogP contribution in [-0.4, -0.2) is 19.1 Å². The standard InChI is InChI=1S/C13H19BrN2/c1-9-7-11(3-4-12(9)14)16-6-5-13(15)10(2)8-16/h3-4,7,10,13H,5-6,8,15H2,1-2H3. The van der Waals surface area contributed by atoms with Gasteiger partial charge in [0.05, 0.1) is 0 Å². The molecule has 2 atom stereocenters. The van der Waals surface area contributed by atoms with E-state index in [1.54, 1.807) is 0 Å². The molecule has 16 heavy (non-hydrogen) atoms. The van der Waals surface area contributed by atoms with Crippen LogP contribution in [0.15, 0.2) is 22.7 Å². The summed E-state index contributed by atoms with van der Waals surface area (Å²) in [7, 11) is 0. The zero-order valence-corrected chi connectivity index (χ0v) is 11.5. The van der Waals surface area contributed by atoms with Crippen LogP contribution in [0.2, 0.25) is 0 Å². The topological polar surface area (TPSA) is 29.3 Å². The zero-order valence-electron chi connectivity index (χ0n) is 9.91. The Morgan fingerprint density at radius 3 is 2.81 bits per heavy atom. The Morgan fingerprint density at radius 2 is 2.19 bits per heavy atom. The van der Waals surface area contributed by atoms with E-state index in [4.69, 9.17) is 5.73 Å². The van der Waals surface area contributed by atoms with Crippen LogP contribution in [0.4, 0.5) is 5.69 Å². The molecule has 2 unspecified atom stereocenters. The molecule has 1 aliphatic rings. The molecule has 0 radical (unpaired) electrons. The first-order valence-corrected chi connectivity index (χ1v) is 6.64. The van der Waals surface area contributed by atoms with Crippen LogP contribution in [0.3, 0.4) is 0 Å². The molecule has 1 heterocycles. The van der Waals surface area contributed by atoms with E-state index in [1.807, 2.05) is 0 Å². The number of nitrogens with two attached hydrogens (primary N) is 1. The van der Waals surface area contributed by atoms with Crippen LogP contribution in [0.1, 0.15) is 18.9 Å². The Hall–Kier alpha value is -0.540. The van der Waals surface area contributed by atoms with Crippen molar-refractivity contribution < 1.29 is 0 Å². The van der Waals surface area contributed by atoms with Gasteiger partial charge in [0.25, 0.3) is 0 Å². The molecule has 88 valence electrons. The summed E-state index contributed by atoms with van der Waals surface area (Å²) < 4.78 is 1.18. The quantitative estimate of drug-likeness (QED) is 0.858. The second kappa shape index (κ2) is 4.76. The van der Waals surface area contributed by atoms with Crippen molar-refractivity contribution in [1.29, 1.82) is 0 Å². The van der Waals surface area contributed by atoms with Crippen molar-refractivity contribution in [2.75, 3.05) is 18.0 Å². The van der Waals surface area contributed by atoms with E-state index in [-0.39, 0.29) is 0 Å². The third kappa shape index (κ3) is 2.41. The van der Waals surface area contributed by atoms with Crippen molar-refractivity contribution in [2.45, 2.75) is 26.3 Å². The number of rotatable bonds is 1. The molecular weight excluding hydrogens is 264 g/mol. The number of piperidine rings is 1. The van der Waals surface area contributed by atoms with Crippen LogP contribution in [0.5, 0.6) is 0 Å². The number of hydrogen-bond acceptors (Lipinski definition) is 2. The molecule has 1 fully saturated rings. The van der Waals surface area contributed by atoms with E-state index < -0.39 is 0 Å². The summed E-state index contributed by atoms with van der Waals surface area (Å²) in [4.78, 5) is 2.44. The number of aryl methyl sites for hydroxylation is 1. The summed E-state index contributed by atoms with van der Waals surface area (Å²) in [5, 5.41) is 0. The molecule has 0 spiro atoms. The molecule has 0 saturated carbocycles. The molecule has 2 N–H and O–H groups in total. The lowest BCUT2D eigenvalue weighted by atomic mass is 9.94. The molecule has 0 bridgehead atoms. The van der Waals surface area contributed by atoms with Crippen molar-refractivity contribution in [3.8, 4) is 0 Å². The predicted molar refractivity (Wildman–Crippen MR) is 72.8 cm³/mol. The second-order valence-corrected chi connectivity index (χ2v) is 5.66. The first-order valence-electron chi connectivity index (χ1n) is 5.84. The van der Waals surface area contributed by atoms with Gasteiger partial charge in [-0.1, -0.05) is 22.9 Å². The predicted octanol–water partition coefficient (Wildman–Crippen LogP) is 2.93. The Labute approximate surface area is 106 Å². The van der Waals surface area contributed by atoms with Gasteiger partial charge in [-0.05, 0) is 43.0 Å². The molecule has 2 nitrogen and oxygen atoms in total. The van der Waals surface area contributed by atoms with E-state index in [1.165, 1.54) is 15.7 Å². The molecule has 1 aliphatic heterocycles. The van der Waals surface area contributed by atoms with E-state index in [2.05, 4.69) is 52.9 Å². The van der Waals surface area contributed by atoms with Gasteiger partial charge >= 0.3 is 0 Å². The maximum Gasteiger partial charge on any atom is 0.0369 e. The van der Waals surface area contributed by atoms with Crippen molar-refractivity contribution in [1.82, 2.24) is 0 Å². The highest BCUT2D eigenvalue weighted by Crippen LogP contribution is 2.26. The van der Waals surface area contributed by atoms with Crippen LogP contribution < -0.4 is 10.6 Å². The highest BCUT2D eigenvalue weighted by Gasteiger charge is 2.23. The van der Waals surface area contributed by atoms with Crippen LogP contribution in [0, 0.1) is 12.8 Å². The average Bonchev–Trinajstić information content (AvgIpc) is 2.26. The lowest BCUT2D eigenvalue weighted by molar-refractivity contribution is 0.383. The van der Waals surface area contributed by atoms with Gasteiger partial charge in [-0.15, -0.1) is 0 Å². The third-order valence-corrected chi connectivity index (χ3v) is 4.37. The molecule has 0 amide bonds.